The summed E-state index contributed by atoms with van der Waals surface area (Å²) in [5.74, 6) is -1.56. The topological polar surface area (TPSA) is 0 Å². The molecule has 4 rings (SSSR count). The lowest BCUT2D eigenvalue weighted by molar-refractivity contribution is 0.577. The van der Waals surface area contributed by atoms with Crippen molar-refractivity contribution >= 4 is 0 Å². The highest BCUT2D eigenvalue weighted by Crippen LogP contribution is 2.40. The molecule has 0 spiro atoms. The molecule has 29 heavy (non-hydrogen) atoms. The molecule has 0 bridgehead atoms. The van der Waals surface area contributed by atoms with Crippen molar-refractivity contribution in [2.24, 2.45) is 0 Å². The van der Waals surface area contributed by atoms with E-state index in [1.165, 1.54) is 67.1 Å². The van der Waals surface area contributed by atoms with Crippen molar-refractivity contribution in [1.82, 2.24) is 0 Å². The van der Waals surface area contributed by atoms with Gasteiger partial charge in [0.25, 0.3) is 0 Å². The van der Waals surface area contributed by atoms with Gasteiger partial charge in [0.2, 0.25) is 0 Å². The Balaban J connectivity index is 1.68. The van der Waals surface area contributed by atoms with Gasteiger partial charge < -0.3 is 0 Å². The van der Waals surface area contributed by atoms with Crippen molar-refractivity contribution in [2.75, 3.05) is 0 Å². The highest BCUT2D eigenvalue weighted by Gasteiger charge is 2.25. The summed E-state index contributed by atoms with van der Waals surface area (Å²) in [4.78, 5) is 0. The highest BCUT2D eigenvalue weighted by atomic mass is 19.1. The second-order valence-electron chi connectivity index (χ2n) is 7.88. The molecule has 0 radical (unpaired) electrons. The van der Waals surface area contributed by atoms with E-state index in [2.05, 4.69) is 19.1 Å². The Bertz CT molecular complexity index is 1020. The third kappa shape index (κ3) is 3.96. The zero-order valence-corrected chi connectivity index (χ0v) is 16.7. The van der Waals surface area contributed by atoms with Crippen molar-refractivity contribution in [1.29, 1.82) is 0 Å². The molecule has 0 aromatic heterocycles. The maximum atomic E-state index is 15.3. The average Bonchev–Trinajstić information content (AvgIpc) is 2.72. The van der Waals surface area contributed by atoms with Crippen LogP contribution in [0.15, 0.2) is 48.5 Å². The number of halogens is 3. The molecule has 0 saturated heterocycles. The highest BCUT2D eigenvalue weighted by molar-refractivity contribution is 5.78. The summed E-state index contributed by atoms with van der Waals surface area (Å²) in [6.45, 7) is 2.20. The van der Waals surface area contributed by atoms with Crippen LogP contribution in [0.2, 0.25) is 0 Å². The number of hydrogen-bond donors (Lipinski definition) is 0. The number of benzene rings is 3. The smallest absolute Gasteiger partial charge is 0.137 e. The van der Waals surface area contributed by atoms with Gasteiger partial charge >= 0.3 is 0 Å². The van der Waals surface area contributed by atoms with Gasteiger partial charge in [-0.05, 0) is 77.3 Å². The first-order valence-electron chi connectivity index (χ1n) is 10.5. The molecule has 150 valence electrons. The second kappa shape index (κ2) is 8.44. The van der Waals surface area contributed by atoms with Crippen LogP contribution in [0.5, 0.6) is 0 Å². The van der Waals surface area contributed by atoms with Crippen molar-refractivity contribution in [3.05, 3.63) is 82.7 Å². The molecular weight excluding hydrogens is 369 g/mol. The molecule has 0 nitrogen and oxygen atoms in total. The van der Waals surface area contributed by atoms with Crippen LogP contribution in [-0.2, 0) is 19.3 Å². The van der Waals surface area contributed by atoms with Crippen LogP contribution in [-0.4, -0.2) is 0 Å². The molecule has 3 aromatic rings. The van der Waals surface area contributed by atoms with Gasteiger partial charge in [-0.1, -0.05) is 56.5 Å². The van der Waals surface area contributed by atoms with E-state index in [-0.39, 0.29) is 5.56 Å². The van der Waals surface area contributed by atoms with Gasteiger partial charge in [0.05, 0.1) is 5.56 Å². The molecule has 0 N–H and O–H groups in total. The second-order valence-corrected chi connectivity index (χ2v) is 7.88. The first-order chi connectivity index (χ1) is 14.1. The van der Waals surface area contributed by atoms with E-state index in [1.807, 2.05) is 6.07 Å². The lowest BCUT2D eigenvalue weighted by Crippen LogP contribution is -2.09. The molecule has 0 atom stereocenters. The summed E-state index contributed by atoms with van der Waals surface area (Å²) >= 11 is 0. The number of rotatable bonds is 6. The quantitative estimate of drug-likeness (QED) is 0.377. The summed E-state index contributed by atoms with van der Waals surface area (Å²) in [5.41, 5.74) is 4.87. The molecule has 3 heteroatoms. The zero-order chi connectivity index (χ0) is 20.4. The lowest BCUT2D eigenvalue weighted by Gasteiger charge is -2.23. The Morgan fingerprint density at radius 1 is 0.793 bits per heavy atom. The van der Waals surface area contributed by atoms with Crippen LogP contribution in [0, 0.1) is 17.5 Å². The SMILES string of the molecule is CCCCCCc1ccc2c(c1)CCc1c-2cc(F)c(-c2ccc(F)cc2)c1F. The summed E-state index contributed by atoms with van der Waals surface area (Å²) in [6, 6.07) is 13.0. The lowest BCUT2D eigenvalue weighted by atomic mass is 9.82. The van der Waals surface area contributed by atoms with Gasteiger partial charge in [0.1, 0.15) is 17.5 Å². The predicted molar refractivity (Wildman–Crippen MR) is 112 cm³/mol. The van der Waals surface area contributed by atoms with Crippen LogP contribution in [0.1, 0.15) is 49.3 Å². The normalized spacial score (nSPS) is 12.6. The Hall–Kier alpha value is -2.55. The fourth-order valence-corrected chi connectivity index (χ4v) is 4.31. The summed E-state index contributed by atoms with van der Waals surface area (Å²) in [6.07, 6.45) is 7.22. The van der Waals surface area contributed by atoms with E-state index in [4.69, 9.17) is 0 Å². The van der Waals surface area contributed by atoms with Crippen molar-refractivity contribution in [3.8, 4) is 22.3 Å². The van der Waals surface area contributed by atoms with Crippen molar-refractivity contribution in [3.63, 3.8) is 0 Å². The standard InChI is InChI=1S/C26H25F3/c1-2-3-4-5-6-17-7-13-21-19(15-17)10-14-22-23(21)16-24(28)25(26(22)29)18-8-11-20(27)12-9-18/h7-9,11-13,15-16H,2-6,10,14H2,1H3. The van der Waals surface area contributed by atoms with Crippen LogP contribution >= 0.6 is 0 Å². The third-order valence-electron chi connectivity index (χ3n) is 5.88. The first kappa shape index (κ1) is 19.8. The number of aryl methyl sites for hydroxylation is 2. The van der Waals surface area contributed by atoms with E-state index in [1.54, 1.807) is 0 Å². The summed E-state index contributed by atoms with van der Waals surface area (Å²) in [5, 5.41) is 0. The van der Waals surface area contributed by atoms with Gasteiger partial charge in [0.15, 0.2) is 0 Å². The van der Waals surface area contributed by atoms with Gasteiger partial charge in [-0.2, -0.15) is 0 Å². The monoisotopic (exact) mass is 394 g/mol. The van der Waals surface area contributed by atoms with Crippen LogP contribution in [0.4, 0.5) is 13.2 Å². The van der Waals surface area contributed by atoms with Crippen LogP contribution in [0.3, 0.4) is 0 Å². The third-order valence-corrected chi connectivity index (χ3v) is 5.88. The molecule has 1 aliphatic rings. The molecule has 1 aliphatic carbocycles. The van der Waals surface area contributed by atoms with Crippen molar-refractivity contribution in [2.45, 2.75) is 51.9 Å². The van der Waals surface area contributed by atoms with Gasteiger partial charge in [-0.25, -0.2) is 13.2 Å². The maximum absolute atomic E-state index is 15.3. The summed E-state index contributed by atoms with van der Waals surface area (Å²) < 4.78 is 43.4. The number of fused-ring (bicyclic) bond motifs is 3. The maximum Gasteiger partial charge on any atom is 0.137 e. The fraction of sp³-hybridized carbons (Fsp3) is 0.308. The molecule has 0 aliphatic heterocycles. The van der Waals surface area contributed by atoms with E-state index in [0.29, 0.717) is 23.1 Å². The minimum Gasteiger partial charge on any atom is -0.207 e. The minimum absolute atomic E-state index is 0.0697. The van der Waals surface area contributed by atoms with Gasteiger partial charge in [-0.3, -0.25) is 0 Å². The Morgan fingerprint density at radius 3 is 2.34 bits per heavy atom. The minimum atomic E-state index is -0.607. The molecular formula is C26H25F3. The Morgan fingerprint density at radius 2 is 1.59 bits per heavy atom. The molecule has 0 fully saturated rings. The van der Waals surface area contributed by atoms with Crippen molar-refractivity contribution < 1.29 is 13.2 Å². The molecule has 0 amide bonds. The summed E-state index contributed by atoms with van der Waals surface area (Å²) in [7, 11) is 0. The molecule has 0 saturated carbocycles. The van der Waals surface area contributed by atoms with Gasteiger partial charge in [-0.15, -0.1) is 0 Å². The molecule has 3 aromatic carbocycles. The zero-order valence-electron chi connectivity index (χ0n) is 16.7. The Labute approximate surface area is 170 Å². The van der Waals surface area contributed by atoms with E-state index in [9.17, 15) is 8.78 Å². The Kier molecular flexibility index (Phi) is 5.75. The number of hydrogen-bond acceptors (Lipinski definition) is 0. The first-order valence-corrected chi connectivity index (χ1v) is 10.5. The largest absolute Gasteiger partial charge is 0.207 e. The fourth-order valence-electron chi connectivity index (χ4n) is 4.31. The predicted octanol–water partition coefficient (Wildman–Crippen LogP) is 7.66. The van der Waals surface area contributed by atoms with Crippen LogP contribution in [0.25, 0.3) is 22.3 Å². The molecule has 0 heterocycles. The van der Waals surface area contributed by atoms with E-state index >= 15 is 4.39 Å². The van der Waals surface area contributed by atoms with E-state index in [0.717, 1.165) is 18.4 Å². The average molecular weight is 394 g/mol. The molecule has 0 unspecified atom stereocenters. The van der Waals surface area contributed by atoms with Gasteiger partial charge in [0, 0.05) is 0 Å². The van der Waals surface area contributed by atoms with E-state index < -0.39 is 17.5 Å². The number of unbranched alkanes of at least 4 members (excludes halogenated alkanes) is 3. The van der Waals surface area contributed by atoms with Crippen LogP contribution < -0.4 is 0 Å².